The summed E-state index contributed by atoms with van der Waals surface area (Å²) in [6.07, 6.45) is 1.92. The van der Waals surface area contributed by atoms with E-state index in [0.717, 1.165) is 0 Å². The standard InChI is InChI=1S/C19H22FN5O2/c1-4-13-18(20)19(22-11-21-13)24(3)10-17(27)25-12(2)9-16(26)23-14-7-5-6-8-15(14)25/h5-8,11-12H,4,9-10H2,1-3H3,(H,23,26). The molecule has 0 saturated heterocycles. The number of likely N-dealkylation sites (N-methyl/N-ethyl adjacent to an activating group) is 1. The molecule has 1 atom stereocenters. The molecule has 8 heteroatoms. The van der Waals surface area contributed by atoms with Gasteiger partial charge in [-0.2, -0.15) is 0 Å². The smallest absolute Gasteiger partial charge is 0.246 e. The van der Waals surface area contributed by atoms with E-state index < -0.39 is 5.82 Å². The van der Waals surface area contributed by atoms with Crippen molar-refractivity contribution in [2.75, 3.05) is 28.7 Å². The number of rotatable bonds is 4. The molecule has 2 amide bonds. The highest BCUT2D eigenvalue weighted by Crippen LogP contribution is 2.31. The van der Waals surface area contributed by atoms with E-state index in [9.17, 15) is 14.0 Å². The highest BCUT2D eigenvalue weighted by molar-refractivity contribution is 6.05. The summed E-state index contributed by atoms with van der Waals surface area (Å²) < 4.78 is 14.5. The number of fused-ring (bicyclic) bond motifs is 1. The molecule has 0 saturated carbocycles. The molecular formula is C19H22FN5O2. The number of carbonyl (C=O) groups excluding carboxylic acids is 2. The van der Waals surface area contributed by atoms with Crippen molar-refractivity contribution < 1.29 is 14.0 Å². The number of aromatic nitrogens is 2. The lowest BCUT2D eigenvalue weighted by molar-refractivity contribution is -0.118. The minimum absolute atomic E-state index is 0.0794. The van der Waals surface area contributed by atoms with Gasteiger partial charge < -0.3 is 15.1 Å². The topological polar surface area (TPSA) is 78.4 Å². The van der Waals surface area contributed by atoms with E-state index in [1.165, 1.54) is 11.2 Å². The first kappa shape index (κ1) is 18.8. The second-order valence-electron chi connectivity index (χ2n) is 6.55. The maximum atomic E-state index is 14.5. The normalized spacial score (nSPS) is 16.4. The van der Waals surface area contributed by atoms with Crippen LogP contribution in [0, 0.1) is 5.82 Å². The fourth-order valence-electron chi connectivity index (χ4n) is 3.23. The molecule has 3 rings (SSSR count). The first-order valence-electron chi connectivity index (χ1n) is 8.83. The number of hydrogen-bond acceptors (Lipinski definition) is 5. The summed E-state index contributed by atoms with van der Waals surface area (Å²) in [5, 5.41) is 2.82. The van der Waals surface area contributed by atoms with Crippen molar-refractivity contribution in [2.24, 2.45) is 0 Å². The Balaban J connectivity index is 1.88. The molecule has 0 spiro atoms. The van der Waals surface area contributed by atoms with Gasteiger partial charge in [-0.3, -0.25) is 9.59 Å². The number of amides is 2. The molecule has 7 nitrogen and oxygen atoms in total. The Labute approximate surface area is 157 Å². The predicted molar refractivity (Wildman–Crippen MR) is 101 cm³/mol. The number of hydrogen-bond donors (Lipinski definition) is 1. The Hall–Kier alpha value is -3.03. The van der Waals surface area contributed by atoms with Crippen LogP contribution in [0.25, 0.3) is 0 Å². The second kappa shape index (κ2) is 7.69. The molecule has 1 aliphatic rings. The Morgan fingerprint density at radius 3 is 2.85 bits per heavy atom. The molecule has 27 heavy (non-hydrogen) atoms. The van der Waals surface area contributed by atoms with Crippen LogP contribution in [0.15, 0.2) is 30.6 Å². The van der Waals surface area contributed by atoms with Crippen molar-refractivity contribution >= 4 is 29.0 Å². The zero-order valence-electron chi connectivity index (χ0n) is 15.6. The van der Waals surface area contributed by atoms with Gasteiger partial charge in [0.2, 0.25) is 11.8 Å². The number of halogens is 1. The van der Waals surface area contributed by atoms with Gasteiger partial charge in [-0.15, -0.1) is 0 Å². The highest BCUT2D eigenvalue weighted by atomic mass is 19.1. The summed E-state index contributed by atoms with van der Waals surface area (Å²) in [5.41, 5.74) is 1.53. The van der Waals surface area contributed by atoms with Crippen LogP contribution in [0.3, 0.4) is 0 Å². The largest absolute Gasteiger partial charge is 0.348 e. The van der Waals surface area contributed by atoms with Crippen LogP contribution in [0.4, 0.5) is 21.6 Å². The van der Waals surface area contributed by atoms with Gasteiger partial charge in [0, 0.05) is 19.5 Å². The molecule has 0 fully saturated rings. The number of nitrogens with one attached hydrogen (secondary N) is 1. The summed E-state index contributed by atoms with van der Waals surface area (Å²) in [5.74, 6) is -0.824. The van der Waals surface area contributed by atoms with E-state index in [1.807, 2.05) is 13.0 Å². The number of aryl methyl sites for hydroxylation is 1. The molecule has 2 aromatic rings. The van der Waals surface area contributed by atoms with Crippen LogP contribution >= 0.6 is 0 Å². The summed E-state index contributed by atoms with van der Waals surface area (Å²) >= 11 is 0. The minimum atomic E-state index is -0.517. The number of nitrogens with zero attached hydrogens (tertiary/aromatic N) is 4. The molecule has 0 aliphatic carbocycles. The van der Waals surface area contributed by atoms with Gasteiger partial charge in [-0.1, -0.05) is 19.1 Å². The van der Waals surface area contributed by atoms with Gasteiger partial charge in [0.25, 0.3) is 0 Å². The molecule has 1 unspecified atom stereocenters. The Morgan fingerprint density at radius 2 is 2.11 bits per heavy atom. The van der Waals surface area contributed by atoms with Crippen LogP contribution in [0.5, 0.6) is 0 Å². The number of carbonyl (C=O) groups is 2. The van der Waals surface area contributed by atoms with Crippen LogP contribution < -0.4 is 15.1 Å². The van der Waals surface area contributed by atoms with Crippen molar-refractivity contribution in [1.82, 2.24) is 9.97 Å². The molecular weight excluding hydrogens is 349 g/mol. The molecule has 0 bridgehead atoms. The van der Waals surface area contributed by atoms with Gasteiger partial charge in [-0.25, -0.2) is 14.4 Å². The van der Waals surface area contributed by atoms with Gasteiger partial charge in [0.15, 0.2) is 11.6 Å². The number of anilines is 3. The highest BCUT2D eigenvalue weighted by Gasteiger charge is 2.30. The Kier molecular flexibility index (Phi) is 5.34. The van der Waals surface area contributed by atoms with Crippen LogP contribution in [0.1, 0.15) is 26.0 Å². The quantitative estimate of drug-likeness (QED) is 0.893. The third kappa shape index (κ3) is 3.74. The molecule has 1 aliphatic heterocycles. The fourth-order valence-corrected chi connectivity index (χ4v) is 3.23. The van der Waals surface area contributed by atoms with Crippen molar-refractivity contribution in [2.45, 2.75) is 32.7 Å². The average molecular weight is 371 g/mol. The Bertz CT molecular complexity index is 873. The summed E-state index contributed by atoms with van der Waals surface area (Å²) in [7, 11) is 1.61. The minimum Gasteiger partial charge on any atom is -0.348 e. The van der Waals surface area contributed by atoms with E-state index in [1.54, 1.807) is 37.1 Å². The lowest BCUT2D eigenvalue weighted by atomic mass is 10.1. The first-order valence-corrected chi connectivity index (χ1v) is 8.83. The zero-order chi connectivity index (χ0) is 19.6. The molecule has 142 valence electrons. The zero-order valence-corrected chi connectivity index (χ0v) is 15.6. The molecule has 1 N–H and O–H groups in total. The number of benzene rings is 1. The van der Waals surface area contributed by atoms with Crippen molar-refractivity contribution in [3.8, 4) is 0 Å². The van der Waals surface area contributed by atoms with E-state index in [-0.39, 0.29) is 36.6 Å². The van der Waals surface area contributed by atoms with E-state index in [4.69, 9.17) is 0 Å². The third-order valence-electron chi connectivity index (χ3n) is 4.54. The third-order valence-corrected chi connectivity index (χ3v) is 4.54. The maximum absolute atomic E-state index is 14.5. The van der Waals surface area contributed by atoms with Gasteiger partial charge >= 0.3 is 0 Å². The molecule has 0 radical (unpaired) electrons. The lowest BCUT2D eigenvalue weighted by Crippen LogP contribution is -2.44. The van der Waals surface area contributed by atoms with Gasteiger partial charge in [-0.05, 0) is 25.5 Å². The van der Waals surface area contributed by atoms with Gasteiger partial charge in [0.05, 0.1) is 23.6 Å². The first-order chi connectivity index (χ1) is 12.9. The van der Waals surface area contributed by atoms with Gasteiger partial charge in [0.1, 0.15) is 6.33 Å². The predicted octanol–water partition coefficient (Wildman–Crippen LogP) is 2.38. The van der Waals surface area contributed by atoms with Crippen molar-refractivity contribution in [3.05, 3.63) is 42.1 Å². The van der Waals surface area contributed by atoms with E-state index >= 15 is 0 Å². The second-order valence-corrected chi connectivity index (χ2v) is 6.55. The number of para-hydroxylation sites is 2. The van der Waals surface area contributed by atoms with Crippen molar-refractivity contribution in [3.63, 3.8) is 0 Å². The lowest BCUT2D eigenvalue weighted by Gasteiger charge is -2.30. The Morgan fingerprint density at radius 1 is 1.37 bits per heavy atom. The maximum Gasteiger partial charge on any atom is 0.246 e. The average Bonchev–Trinajstić information content (AvgIpc) is 2.75. The molecule has 1 aromatic heterocycles. The van der Waals surface area contributed by atoms with E-state index in [2.05, 4.69) is 15.3 Å². The van der Waals surface area contributed by atoms with E-state index in [0.29, 0.717) is 23.5 Å². The van der Waals surface area contributed by atoms with Crippen LogP contribution in [0.2, 0.25) is 0 Å². The van der Waals surface area contributed by atoms with Crippen LogP contribution in [-0.2, 0) is 16.0 Å². The molecule has 2 heterocycles. The van der Waals surface area contributed by atoms with Crippen molar-refractivity contribution in [1.29, 1.82) is 0 Å². The summed E-state index contributed by atoms with van der Waals surface area (Å²) in [6.45, 7) is 3.55. The monoisotopic (exact) mass is 371 g/mol. The summed E-state index contributed by atoms with van der Waals surface area (Å²) in [4.78, 5) is 36.1. The SMILES string of the molecule is CCc1ncnc(N(C)CC(=O)N2c3ccccc3NC(=O)CC2C)c1F. The fraction of sp³-hybridized carbons (Fsp3) is 0.368. The van der Waals surface area contributed by atoms with Crippen LogP contribution in [-0.4, -0.2) is 41.4 Å². The molecule has 1 aromatic carbocycles. The summed E-state index contributed by atoms with van der Waals surface area (Å²) in [6, 6.07) is 6.83.